The maximum atomic E-state index is 10.7. The summed E-state index contributed by atoms with van der Waals surface area (Å²) in [5.41, 5.74) is 0.214. The second kappa shape index (κ2) is 9.39. The summed E-state index contributed by atoms with van der Waals surface area (Å²) in [4.78, 5) is 10.7. The molecule has 1 aliphatic carbocycles. The highest BCUT2D eigenvalue weighted by Gasteiger charge is 2.43. The van der Waals surface area contributed by atoms with Crippen molar-refractivity contribution in [1.82, 2.24) is 0 Å². The highest BCUT2D eigenvalue weighted by atomic mass is 16.4. The molecule has 1 rings (SSSR count). The van der Waals surface area contributed by atoms with Crippen LogP contribution in [0.2, 0.25) is 0 Å². The summed E-state index contributed by atoms with van der Waals surface area (Å²) >= 11 is 0. The predicted molar refractivity (Wildman–Crippen MR) is 80.4 cm³/mol. The molecule has 0 aromatic rings. The van der Waals surface area contributed by atoms with Gasteiger partial charge >= 0.3 is 5.97 Å². The van der Waals surface area contributed by atoms with Crippen molar-refractivity contribution >= 4 is 5.97 Å². The molecule has 0 aromatic heterocycles. The lowest BCUT2D eigenvalue weighted by Gasteiger charge is -2.11. The van der Waals surface area contributed by atoms with E-state index < -0.39 is 5.97 Å². The van der Waals surface area contributed by atoms with E-state index >= 15 is 0 Å². The smallest absolute Gasteiger partial charge is 0.303 e. The van der Waals surface area contributed by atoms with Crippen molar-refractivity contribution in [2.45, 2.75) is 96.8 Å². The van der Waals surface area contributed by atoms with Crippen molar-refractivity contribution in [1.29, 1.82) is 0 Å². The number of unbranched alkanes of at least 4 members (excludes halogenated alkanes) is 9. The Labute approximate surface area is 119 Å². The molecule has 0 saturated heterocycles. The molecule has 1 aliphatic rings. The number of aliphatic carboxylic acids is 1. The zero-order valence-electron chi connectivity index (χ0n) is 12.8. The highest BCUT2D eigenvalue weighted by Crippen LogP contribution is 2.52. The van der Waals surface area contributed by atoms with E-state index in [9.17, 15) is 4.79 Å². The Morgan fingerprint density at radius 2 is 1.37 bits per heavy atom. The average molecular weight is 268 g/mol. The van der Waals surface area contributed by atoms with E-state index in [0.717, 1.165) is 19.3 Å². The van der Waals surface area contributed by atoms with Crippen LogP contribution in [-0.4, -0.2) is 11.1 Å². The Hall–Kier alpha value is -0.530. The summed E-state index contributed by atoms with van der Waals surface area (Å²) in [6.45, 7) is 2.26. The van der Waals surface area contributed by atoms with Gasteiger partial charge in [-0.2, -0.15) is 0 Å². The molecule has 0 aliphatic heterocycles. The van der Waals surface area contributed by atoms with E-state index in [1.54, 1.807) is 0 Å². The zero-order valence-corrected chi connectivity index (χ0v) is 12.8. The van der Waals surface area contributed by atoms with Crippen molar-refractivity contribution in [3.8, 4) is 0 Å². The van der Waals surface area contributed by atoms with Crippen LogP contribution in [0.1, 0.15) is 96.8 Å². The van der Waals surface area contributed by atoms with Crippen LogP contribution in [0.25, 0.3) is 0 Å². The van der Waals surface area contributed by atoms with Gasteiger partial charge in [0.05, 0.1) is 6.42 Å². The average Bonchev–Trinajstić information content (AvgIpc) is 3.11. The van der Waals surface area contributed by atoms with Gasteiger partial charge in [-0.05, 0) is 24.7 Å². The number of carbonyl (C=O) groups is 1. The summed E-state index contributed by atoms with van der Waals surface area (Å²) in [5.74, 6) is -0.607. The Kier molecular flexibility index (Phi) is 8.16. The summed E-state index contributed by atoms with van der Waals surface area (Å²) < 4.78 is 0. The number of hydrogen-bond donors (Lipinski definition) is 1. The molecule has 2 heteroatoms. The van der Waals surface area contributed by atoms with Gasteiger partial charge in [-0.1, -0.05) is 71.1 Å². The fraction of sp³-hybridized carbons (Fsp3) is 0.941. The molecule has 1 N–H and O–H groups in total. The fourth-order valence-corrected chi connectivity index (χ4v) is 3.00. The first-order valence-electron chi connectivity index (χ1n) is 8.40. The Balaban J connectivity index is 1.83. The van der Waals surface area contributed by atoms with Crippen molar-refractivity contribution in [2.75, 3.05) is 0 Å². The van der Waals surface area contributed by atoms with E-state index in [1.807, 2.05) is 0 Å². The minimum atomic E-state index is -0.607. The molecule has 0 aromatic carbocycles. The molecule has 0 spiro atoms. The number of hydrogen-bond acceptors (Lipinski definition) is 1. The summed E-state index contributed by atoms with van der Waals surface area (Å²) in [5, 5.41) is 8.85. The monoisotopic (exact) mass is 268 g/mol. The van der Waals surface area contributed by atoms with Gasteiger partial charge in [0.2, 0.25) is 0 Å². The Bertz CT molecular complexity index is 244. The van der Waals surface area contributed by atoms with Gasteiger partial charge < -0.3 is 5.11 Å². The number of rotatable bonds is 13. The molecular weight excluding hydrogens is 236 g/mol. The highest BCUT2D eigenvalue weighted by molar-refractivity contribution is 5.68. The third kappa shape index (κ3) is 8.28. The number of carboxylic acids is 1. The molecule has 112 valence electrons. The summed E-state index contributed by atoms with van der Waals surface area (Å²) in [6.07, 6.45) is 17.5. The van der Waals surface area contributed by atoms with Crippen LogP contribution in [0.4, 0.5) is 0 Å². The first kappa shape index (κ1) is 16.5. The molecular formula is C17H32O2. The molecule has 2 nitrogen and oxygen atoms in total. The molecule has 0 bridgehead atoms. The minimum Gasteiger partial charge on any atom is -0.481 e. The lowest BCUT2D eigenvalue weighted by Crippen LogP contribution is -2.08. The first-order chi connectivity index (χ1) is 9.18. The molecule has 19 heavy (non-hydrogen) atoms. The van der Waals surface area contributed by atoms with E-state index in [1.165, 1.54) is 64.2 Å². The lowest BCUT2D eigenvalue weighted by molar-refractivity contribution is -0.138. The molecule has 1 fully saturated rings. The summed E-state index contributed by atoms with van der Waals surface area (Å²) in [7, 11) is 0. The van der Waals surface area contributed by atoms with Gasteiger partial charge in [-0.3, -0.25) is 4.79 Å². The zero-order chi connectivity index (χ0) is 14.0. The van der Waals surface area contributed by atoms with E-state index in [4.69, 9.17) is 5.11 Å². The van der Waals surface area contributed by atoms with E-state index in [-0.39, 0.29) is 5.41 Å². The van der Waals surface area contributed by atoms with Gasteiger partial charge in [-0.15, -0.1) is 0 Å². The predicted octanol–water partition coefficient (Wildman–Crippen LogP) is 5.55. The lowest BCUT2D eigenvalue weighted by atomic mass is 9.94. The normalized spacial score (nSPS) is 16.5. The fourth-order valence-electron chi connectivity index (χ4n) is 3.00. The maximum Gasteiger partial charge on any atom is 0.303 e. The molecule has 0 atom stereocenters. The van der Waals surface area contributed by atoms with E-state index in [0.29, 0.717) is 6.42 Å². The second-order valence-electron chi connectivity index (χ2n) is 6.50. The summed E-state index contributed by atoms with van der Waals surface area (Å²) in [6, 6.07) is 0. The van der Waals surface area contributed by atoms with Crippen LogP contribution in [-0.2, 0) is 4.79 Å². The van der Waals surface area contributed by atoms with Crippen molar-refractivity contribution in [3.05, 3.63) is 0 Å². The van der Waals surface area contributed by atoms with Gasteiger partial charge in [0.25, 0.3) is 0 Å². The molecule has 0 unspecified atom stereocenters. The van der Waals surface area contributed by atoms with Gasteiger partial charge in [0, 0.05) is 0 Å². The number of carboxylic acid groups (broad SMARTS) is 1. The van der Waals surface area contributed by atoms with Gasteiger partial charge in [0.1, 0.15) is 0 Å². The quantitative estimate of drug-likeness (QED) is 0.444. The van der Waals surface area contributed by atoms with Crippen LogP contribution in [0, 0.1) is 5.41 Å². The third-order valence-electron chi connectivity index (χ3n) is 4.54. The molecule has 0 heterocycles. The van der Waals surface area contributed by atoms with E-state index in [2.05, 4.69) is 6.92 Å². The van der Waals surface area contributed by atoms with Crippen molar-refractivity contribution in [3.63, 3.8) is 0 Å². The standard InChI is InChI=1S/C17H32O2/c1-2-3-4-5-6-7-8-9-10-11-12-17(13-14-17)15-16(18)19/h2-15H2,1H3,(H,18,19). The minimum absolute atomic E-state index is 0.214. The Morgan fingerprint density at radius 3 is 1.79 bits per heavy atom. The van der Waals surface area contributed by atoms with Crippen LogP contribution in [0.5, 0.6) is 0 Å². The SMILES string of the molecule is CCCCCCCCCCCCC1(CC(=O)O)CC1. The van der Waals surface area contributed by atoms with Crippen LogP contribution in [0.3, 0.4) is 0 Å². The van der Waals surface area contributed by atoms with Crippen molar-refractivity contribution in [2.24, 2.45) is 5.41 Å². The molecule has 0 amide bonds. The van der Waals surface area contributed by atoms with Crippen LogP contribution >= 0.6 is 0 Å². The maximum absolute atomic E-state index is 10.7. The first-order valence-corrected chi connectivity index (χ1v) is 8.40. The van der Waals surface area contributed by atoms with Crippen LogP contribution in [0.15, 0.2) is 0 Å². The molecule has 0 radical (unpaired) electrons. The van der Waals surface area contributed by atoms with Crippen molar-refractivity contribution < 1.29 is 9.90 Å². The van der Waals surface area contributed by atoms with Gasteiger partial charge in [-0.25, -0.2) is 0 Å². The third-order valence-corrected chi connectivity index (χ3v) is 4.54. The van der Waals surface area contributed by atoms with Gasteiger partial charge in [0.15, 0.2) is 0 Å². The largest absolute Gasteiger partial charge is 0.481 e. The molecule has 1 saturated carbocycles. The van der Waals surface area contributed by atoms with Crippen LogP contribution < -0.4 is 0 Å². The topological polar surface area (TPSA) is 37.3 Å². The second-order valence-corrected chi connectivity index (χ2v) is 6.50. The Morgan fingerprint density at radius 1 is 0.895 bits per heavy atom.